The lowest BCUT2D eigenvalue weighted by atomic mass is 10.1. The molecule has 0 saturated heterocycles. The van der Waals surface area contributed by atoms with Crippen molar-refractivity contribution in [1.82, 2.24) is 20.2 Å². The van der Waals surface area contributed by atoms with Gasteiger partial charge in [0.2, 0.25) is 0 Å². The zero-order chi connectivity index (χ0) is 14.5. The van der Waals surface area contributed by atoms with Crippen molar-refractivity contribution >= 4 is 23.6 Å². The van der Waals surface area contributed by atoms with Gasteiger partial charge in [-0.15, -0.1) is 9.90 Å². The van der Waals surface area contributed by atoms with E-state index in [4.69, 9.17) is 16.9 Å². The molecule has 0 bridgehead atoms. The molecule has 7 nitrogen and oxygen atoms in total. The summed E-state index contributed by atoms with van der Waals surface area (Å²) in [5.41, 5.74) is 1.12. The smallest absolute Gasteiger partial charge is 0.330 e. The van der Waals surface area contributed by atoms with E-state index < -0.39 is 5.97 Å². The first kappa shape index (κ1) is 13.7. The van der Waals surface area contributed by atoms with Crippen molar-refractivity contribution in [3.63, 3.8) is 0 Å². The Bertz CT molecular complexity index is 717. The highest BCUT2D eigenvalue weighted by Crippen LogP contribution is 2.20. The van der Waals surface area contributed by atoms with Crippen LogP contribution in [0.5, 0.6) is 0 Å². The molecule has 1 heterocycles. The number of benzene rings is 1. The highest BCUT2D eigenvalue weighted by atomic mass is 35.5. The molecule has 0 unspecified atom stereocenters. The zero-order valence-electron chi connectivity index (χ0n) is 10.3. The largest absolute Gasteiger partial charge is 0.466 e. The van der Waals surface area contributed by atoms with Crippen LogP contribution in [0.2, 0.25) is 5.02 Å². The van der Waals surface area contributed by atoms with E-state index in [9.17, 15) is 4.79 Å². The number of carbonyl (C=O) groups is 1. The first-order chi connectivity index (χ1) is 9.63. The van der Waals surface area contributed by atoms with Gasteiger partial charge in [-0.2, -0.15) is 5.26 Å². The van der Waals surface area contributed by atoms with Gasteiger partial charge in [0.15, 0.2) is 0 Å². The zero-order valence-corrected chi connectivity index (χ0v) is 11.1. The molecule has 0 fully saturated rings. The van der Waals surface area contributed by atoms with Gasteiger partial charge in [0.05, 0.1) is 12.8 Å². The Balaban J connectivity index is 2.45. The Morgan fingerprint density at radius 2 is 2.35 bits per heavy atom. The number of halogens is 1. The van der Waals surface area contributed by atoms with Crippen LogP contribution in [0.4, 0.5) is 0 Å². The van der Waals surface area contributed by atoms with Crippen LogP contribution in [0.1, 0.15) is 11.4 Å². The summed E-state index contributed by atoms with van der Waals surface area (Å²) in [6.07, 6.45) is 2.76. The fraction of sp³-hybridized carbons (Fsp3) is 0.0833. The molecule has 0 aliphatic carbocycles. The summed E-state index contributed by atoms with van der Waals surface area (Å²) in [4.78, 5) is 12.3. The molecule has 0 amide bonds. The SMILES string of the molecule is COC(=O)/C=C/c1cc(Cl)ccc1-n1nnc(C#N)n1. The Hall–Kier alpha value is -2.72. The third-order valence-corrected chi connectivity index (χ3v) is 2.55. The third-order valence-electron chi connectivity index (χ3n) is 2.32. The van der Waals surface area contributed by atoms with Crippen LogP contribution < -0.4 is 0 Å². The second-order valence-corrected chi connectivity index (χ2v) is 4.01. The Kier molecular flexibility index (Phi) is 4.08. The fourth-order valence-electron chi connectivity index (χ4n) is 1.43. The number of rotatable bonds is 3. The number of nitriles is 1. The molecule has 20 heavy (non-hydrogen) atoms. The van der Waals surface area contributed by atoms with Crippen molar-refractivity contribution < 1.29 is 9.53 Å². The average Bonchev–Trinajstić information content (AvgIpc) is 2.93. The summed E-state index contributed by atoms with van der Waals surface area (Å²) >= 11 is 5.92. The second kappa shape index (κ2) is 5.95. The maximum Gasteiger partial charge on any atom is 0.330 e. The van der Waals surface area contributed by atoms with Gasteiger partial charge in [0, 0.05) is 16.7 Å². The molecular weight excluding hydrogens is 282 g/mol. The summed E-state index contributed by atoms with van der Waals surface area (Å²) in [5, 5.41) is 20.4. The summed E-state index contributed by atoms with van der Waals surface area (Å²) < 4.78 is 4.52. The Morgan fingerprint density at radius 3 is 3.00 bits per heavy atom. The standard InChI is InChI=1S/C12H8ClN5O2/c1-20-12(19)5-2-8-6-9(13)3-4-10(8)18-16-11(7-14)15-17-18/h2-6H,1H3/b5-2+. The van der Waals surface area contributed by atoms with E-state index in [2.05, 4.69) is 20.1 Å². The average molecular weight is 290 g/mol. The molecule has 2 rings (SSSR count). The van der Waals surface area contributed by atoms with Gasteiger partial charge in [-0.25, -0.2) is 4.79 Å². The Morgan fingerprint density at radius 1 is 1.55 bits per heavy atom. The first-order valence-electron chi connectivity index (χ1n) is 5.40. The number of ether oxygens (including phenoxy) is 1. The van der Waals surface area contributed by atoms with Crippen molar-refractivity contribution in [1.29, 1.82) is 5.26 Å². The number of aromatic nitrogens is 4. The van der Waals surface area contributed by atoms with Gasteiger partial charge in [-0.3, -0.25) is 0 Å². The molecule has 0 saturated carbocycles. The van der Waals surface area contributed by atoms with Crippen molar-refractivity contribution in [3.05, 3.63) is 40.7 Å². The molecule has 0 atom stereocenters. The minimum absolute atomic E-state index is 0.0529. The number of hydrogen-bond acceptors (Lipinski definition) is 6. The molecule has 0 radical (unpaired) electrons. The lowest BCUT2D eigenvalue weighted by Crippen LogP contribution is -2.02. The maximum atomic E-state index is 11.1. The number of nitrogens with zero attached hydrogens (tertiary/aromatic N) is 5. The highest BCUT2D eigenvalue weighted by molar-refractivity contribution is 6.30. The third kappa shape index (κ3) is 2.99. The van der Waals surface area contributed by atoms with Crippen LogP contribution in [0.3, 0.4) is 0 Å². The van der Waals surface area contributed by atoms with E-state index in [0.717, 1.165) is 0 Å². The minimum atomic E-state index is -0.500. The highest BCUT2D eigenvalue weighted by Gasteiger charge is 2.08. The quantitative estimate of drug-likeness (QED) is 0.626. The van der Waals surface area contributed by atoms with Gasteiger partial charge < -0.3 is 4.74 Å². The lowest BCUT2D eigenvalue weighted by molar-refractivity contribution is -0.134. The van der Waals surface area contributed by atoms with E-state index >= 15 is 0 Å². The summed E-state index contributed by atoms with van der Waals surface area (Å²) in [6.45, 7) is 0. The summed E-state index contributed by atoms with van der Waals surface area (Å²) in [7, 11) is 1.28. The molecular formula is C12H8ClN5O2. The molecule has 0 spiro atoms. The number of carbonyl (C=O) groups excluding carboxylic acids is 1. The number of tetrazole rings is 1. The number of methoxy groups -OCH3 is 1. The van der Waals surface area contributed by atoms with Crippen LogP contribution in [-0.4, -0.2) is 33.3 Å². The van der Waals surface area contributed by atoms with E-state index in [1.54, 1.807) is 24.3 Å². The van der Waals surface area contributed by atoms with Crippen LogP contribution >= 0.6 is 11.6 Å². The summed E-state index contributed by atoms with van der Waals surface area (Å²) in [6, 6.07) is 6.71. The lowest BCUT2D eigenvalue weighted by Gasteiger charge is -2.04. The van der Waals surface area contributed by atoms with Crippen LogP contribution in [-0.2, 0) is 9.53 Å². The van der Waals surface area contributed by atoms with Gasteiger partial charge in [0.25, 0.3) is 5.82 Å². The van der Waals surface area contributed by atoms with Crippen molar-refractivity contribution in [2.24, 2.45) is 0 Å². The van der Waals surface area contributed by atoms with Gasteiger partial charge in [0.1, 0.15) is 6.07 Å². The normalized spacial score (nSPS) is 10.4. The summed E-state index contributed by atoms with van der Waals surface area (Å²) in [5.74, 6) is -0.553. The van der Waals surface area contributed by atoms with E-state index in [1.807, 2.05) is 0 Å². The van der Waals surface area contributed by atoms with E-state index in [0.29, 0.717) is 16.3 Å². The van der Waals surface area contributed by atoms with Crippen LogP contribution in [0, 0.1) is 11.3 Å². The van der Waals surface area contributed by atoms with Crippen molar-refractivity contribution in [3.8, 4) is 11.8 Å². The topological polar surface area (TPSA) is 93.7 Å². The van der Waals surface area contributed by atoms with Crippen molar-refractivity contribution in [2.45, 2.75) is 0 Å². The van der Waals surface area contributed by atoms with Gasteiger partial charge >= 0.3 is 5.97 Å². The van der Waals surface area contributed by atoms with Crippen LogP contribution in [0.25, 0.3) is 11.8 Å². The minimum Gasteiger partial charge on any atom is -0.466 e. The second-order valence-electron chi connectivity index (χ2n) is 3.57. The predicted molar refractivity (Wildman–Crippen MR) is 69.9 cm³/mol. The fourth-order valence-corrected chi connectivity index (χ4v) is 1.61. The molecule has 2 aromatic rings. The number of hydrogen-bond donors (Lipinski definition) is 0. The monoisotopic (exact) mass is 289 g/mol. The maximum absolute atomic E-state index is 11.1. The van der Waals surface area contributed by atoms with Crippen LogP contribution in [0.15, 0.2) is 24.3 Å². The van der Waals surface area contributed by atoms with Gasteiger partial charge in [-0.05, 0) is 29.5 Å². The molecule has 0 N–H and O–H groups in total. The molecule has 100 valence electrons. The predicted octanol–water partition coefficient (Wildman–Crippen LogP) is 1.37. The molecule has 1 aromatic carbocycles. The Labute approximate surface area is 119 Å². The first-order valence-corrected chi connectivity index (χ1v) is 5.78. The van der Waals surface area contributed by atoms with Crippen molar-refractivity contribution in [2.75, 3.05) is 7.11 Å². The van der Waals surface area contributed by atoms with Gasteiger partial charge in [-0.1, -0.05) is 16.7 Å². The van der Waals surface area contributed by atoms with E-state index in [-0.39, 0.29) is 5.82 Å². The molecule has 0 aliphatic heterocycles. The molecule has 0 aliphatic rings. The van der Waals surface area contributed by atoms with E-state index in [1.165, 1.54) is 24.1 Å². The number of esters is 1. The molecule has 1 aromatic heterocycles. The molecule has 8 heteroatoms.